The number of rotatable bonds is 7. The maximum absolute atomic E-state index is 13.0. The van der Waals surface area contributed by atoms with Gasteiger partial charge in [-0.2, -0.15) is 0 Å². The van der Waals surface area contributed by atoms with Crippen molar-refractivity contribution in [2.24, 2.45) is 0 Å². The van der Waals surface area contributed by atoms with Gasteiger partial charge < -0.3 is 4.90 Å². The van der Waals surface area contributed by atoms with Crippen LogP contribution < -0.4 is 4.90 Å². The Kier molecular flexibility index (Phi) is 6.05. The quantitative estimate of drug-likeness (QED) is 0.585. The van der Waals surface area contributed by atoms with Gasteiger partial charge in [0, 0.05) is 36.5 Å². The molecule has 0 unspecified atom stereocenters. The van der Waals surface area contributed by atoms with Gasteiger partial charge in [-0.15, -0.1) is 0 Å². The summed E-state index contributed by atoms with van der Waals surface area (Å²) in [4.78, 5) is 30.8. The van der Waals surface area contributed by atoms with Crippen molar-refractivity contribution in [1.82, 2.24) is 4.98 Å². The molecule has 0 aliphatic heterocycles. The van der Waals surface area contributed by atoms with Crippen LogP contribution in [0.1, 0.15) is 28.8 Å². The topological polar surface area (TPSA) is 50.3 Å². The molecular formula is C22H19FN2O2. The number of aromatic nitrogens is 1. The van der Waals surface area contributed by atoms with Crippen LogP contribution in [-0.4, -0.2) is 16.7 Å². The molecule has 0 fully saturated rings. The summed E-state index contributed by atoms with van der Waals surface area (Å²) in [6, 6.07) is 18.4. The molecule has 0 saturated heterocycles. The van der Waals surface area contributed by atoms with E-state index in [4.69, 9.17) is 0 Å². The second-order valence-electron chi connectivity index (χ2n) is 6.11. The Morgan fingerprint density at radius 2 is 1.63 bits per heavy atom. The van der Waals surface area contributed by atoms with Crippen LogP contribution in [0.5, 0.6) is 0 Å². The molecule has 2 aromatic carbocycles. The first kappa shape index (κ1) is 18.5. The fourth-order valence-corrected chi connectivity index (χ4v) is 2.74. The van der Waals surface area contributed by atoms with Crippen molar-refractivity contribution < 1.29 is 14.0 Å². The molecule has 0 bridgehead atoms. The first-order chi connectivity index (χ1) is 13.1. The van der Waals surface area contributed by atoms with Crippen LogP contribution in [-0.2, 0) is 11.3 Å². The van der Waals surface area contributed by atoms with Crippen molar-refractivity contribution in [2.45, 2.75) is 19.4 Å². The number of anilines is 1. The van der Waals surface area contributed by atoms with E-state index in [0.717, 1.165) is 11.3 Å². The van der Waals surface area contributed by atoms with Crippen LogP contribution in [0.4, 0.5) is 10.1 Å². The molecule has 0 radical (unpaired) electrons. The van der Waals surface area contributed by atoms with Crippen molar-refractivity contribution >= 4 is 17.4 Å². The number of para-hydroxylation sites is 1. The Bertz CT molecular complexity index is 897. The van der Waals surface area contributed by atoms with Gasteiger partial charge in [-0.05, 0) is 48.0 Å². The number of pyridine rings is 1. The Balaban J connectivity index is 1.71. The minimum absolute atomic E-state index is 0.0703. The normalized spacial score (nSPS) is 10.4. The third-order valence-corrected chi connectivity index (χ3v) is 4.16. The molecule has 1 amide bonds. The van der Waals surface area contributed by atoms with Crippen molar-refractivity contribution in [2.75, 3.05) is 4.90 Å². The Morgan fingerprint density at radius 3 is 2.30 bits per heavy atom. The summed E-state index contributed by atoms with van der Waals surface area (Å²) in [7, 11) is 0. The van der Waals surface area contributed by atoms with Gasteiger partial charge in [0.2, 0.25) is 5.91 Å². The smallest absolute Gasteiger partial charge is 0.227 e. The molecule has 0 saturated carbocycles. The zero-order valence-corrected chi connectivity index (χ0v) is 14.7. The summed E-state index contributed by atoms with van der Waals surface area (Å²) in [6.07, 6.45) is 3.54. The summed E-state index contributed by atoms with van der Waals surface area (Å²) in [5.74, 6) is -0.729. The van der Waals surface area contributed by atoms with Gasteiger partial charge >= 0.3 is 0 Å². The number of hydrogen-bond donors (Lipinski definition) is 0. The van der Waals surface area contributed by atoms with E-state index in [9.17, 15) is 14.0 Å². The molecule has 3 aromatic rings. The van der Waals surface area contributed by atoms with Crippen LogP contribution in [0.25, 0.3) is 0 Å². The molecule has 5 heteroatoms. The highest BCUT2D eigenvalue weighted by Crippen LogP contribution is 2.19. The number of amides is 1. The fraction of sp³-hybridized carbons (Fsp3) is 0.136. The second-order valence-corrected chi connectivity index (χ2v) is 6.11. The van der Waals surface area contributed by atoms with E-state index >= 15 is 0 Å². The molecule has 0 aliphatic rings. The zero-order chi connectivity index (χ0) is 19.1. The number of carbonyl (C=O) groups excluding carboxylic acids is 2. The lowest BCUT2D eigenvalue weighted by atomic mass is 10.1. The highest BCUT2D eigenvalue weighted by atomic mass is 19.1. The molecule has 3 rings (SSSR count). The first-order valence-corrected chi connectivity index (χ1v) is 8.66. The summed E-state index contributed by atoms with van der Waals surface area (Å²) >= 11 is 0. The van der Waals surface area contributed by atoms with Gasteiger partial charge in [-0.25, -0.2) is 4.39 Å². The fourth-order valence-electron chi connectivity index (χ4n) is 2.74. The van der Waals surface area contributed by atoms with E-state index in [1.165, 1.54) is 24.3 Å². The van der Waals surface area contributed by atoms with Crippen LogP contribution in [0.15, 0.2) is 79.1 Å². The van der Waals surface area contributed by atoms with Crippen LogP contribution in [0, 0.1) is 5.82 Å². The second kappa shape index (κ2) is 8.85. The van der Waals surface area contributed by atoms with Gasteiger partial charge in [-0.3, -0.25) is 14.6 Å². The maximum Gasteiger partial charge on any atom is 0.227 e. The molecule has 0 N–H and O–H groups in total. The monoisotopic (exact) mass is 362 g/mol. The van der Waals surface area contributed by atoms with Gasteiger partial charge in [-0.1, -0.05) is 24.3 Å². The van der Waals surface area contributed by atoms with E-state index in [1.807, 2.05) is 42.5 Å². The number of ketones is 1. The molecule has 0 aliphatic carbocycles. The Morgan fingerprint density at radius 1 is 0.889 bits per heavy atom. The van der Waals surface area contributed by atoms with Crippen molar-refractivity contribution in [3.05, 3.63) is 96.1 Å². The van der Waals surface area contributed by atoms with E-state index in [1.54, 1.807) is 17.3 Å². The Labute approximate surface area is 157 Å². The minimum atomic E-state index is -0.394. The molecule has 4 nitrogen and oxygen atoms in total. The van der Waals surface area contributed by atoms with E-state index in [0.29, 0.717) is 12.1 Å². The summed E-state index contributed by atoms with van der Waals surface area (Å²) < 4.78 is 13.0. The van der Waals surface area contributed by atoms with Crippen LogP contribution in [0.2, 0.25) is 0 Å². The van der Waals surface area contributed by atoms with Crippen LogP contribution in [0.3, 0.4) is 0 Å². The van der Waals surface area contributed by atoms with E-state index < -0.39 is 5.82 Å². The van der Waals surface area contributed by atoms with Crippen LogP contribution >= 0.6 is 0 Å². The highest BCUT2D eigenvalue weighted by Gasteiger charge is 2.18. The largest absolute Gasteiger partial charge is 0.308 e. The molecule has 136 valence electrons. The molecule has 1 aromatic heterocycles. The summed E-state index contributed by atoms with van der Waals surface area (Å²) in [6.45, 7) is 0.376. The minimum Gasteiger partial charge on any atom is -0.308 e. The third kappa shape index (κ3) is 5.07. The first-order valence-electron chi connectivity index (χ1n) is 8.66. The number of Topliss-reactive ketones (excluding diaryl/α,β-unsaturated/α-hetero) is 1. The van der Waals surface area contributed by atoms with E-state index in [2.05, 4.69) is 4.98 Å². The van der Waals surface area contributed by atoms with Crippen molar-refractivity contribution in [1.29, 1.82) is 0 Å². The predicted molar refractivity (Wildman–Crippen MR) is 102 cm³/mol. The number of hydrogen-bond acceptors (Lipinski definition) is 3. The lowest BCUT2D eigenvalue weighted by Gasteiger charge is -2.23. The predicted octanol–water partition coefficient (Wildman–Crippen LogP) is 4.42. The third-order valence-electron chi connectivity index (χ3n) is 4.16. The average Bonchev–Trinajstić information content (AvgIpc) is 2.72. The van der Waals surface area contributed by atoms with Gasteiger partial charge in [0.05, 0.1) is 6.54 Å². The van der Waals surface area contributed by atoms with Gasteiger partial charge in [0.15, 0.2) is 5.78 Å². The summed E-state index contributed by atoms with van der Waals surface area (Å²) in [5.41, 5.74) is 2.07. The Hall–Kier alpha value is -3.34. The van der Waals surface area contributed by atoms with Crippen molar-refractivity contribution in [3.63, 3.8) is 0 Å². The standard InChI is InChI=1S/C22H19FN2O2/c23-19-10-8-18(9-11-19)21(26)12-13-22(27)25(20-6-2-1-3-7-20)16-17-5-4-14-24-15-17/h1-11,14-15H,12-13,16H2. The highest BCUT2D eigenvalue weighted by molar-refractivity contribution is 6.00. The number of halogens is 1. The van der Waals surface area contributed by atoms with Crippen molar-refractivity contribution in [3.8, 4) is 0 Å². The molecule has 27 heavy (non-hydrogen) atoms. The number of carbonyl (C=O) groups is 2. The van der Waals surface area contributed by atoms with E-state index in [-0.39, 0.29) is 24.5 Å². The molecule has 1 heterocycles. The molecule has 0 atom stereocenters. The SMILES string of the molecule is O=C(CCC(=O)N(Cc1cccnc1)c1ccccc1)c1ccc(F)cc1. The number of nitrogens with zero attached hydrogens (tertiary/aromatic N) is 2. The summed E-state index contributed by atoms with van der Waals surface area (Å²) in [5, 5.41) is 0. The number of benzene rings is 2. The van der Waals surface area contributed by atoms with Gasteiger partial charge in [0.25, 0.3) is 0 Å². The van der Waals surface area contributed by atoms with Gasteiger partial charge in [0.1, 0.15) is 5.82 Å². The molecule has 0 spiro atoms. The lowest BCUT2D eigenvalue weighted by molar-refractivity contribution is -0.118. The lowest BCUT2D eigenvalue weighted by Crippen LogP contribution is -2.30. The maximum atomic E-state index is 13.0. The average molecular weight is 362 g/mol. The molecular weight excluding hydrogens is 343 g/mol. The zero-order valence-electron chi connectivity index (χ0n) is 14.7.